The van der Waals surface area contributed by atoms with Gasteiger partial charge in [0.25, 0.3) is 0 Å². The van der Waals surface area contributed by atoms with Crippen LogP contribution in [0.4, 0.5) is 0 Å². The van der Waals surface area contributed by atoms with Crippen LogP contribution in [0.3, 0.4) is 0 Å². The normalized spacial score (nSPS) is 8.38. The Morgan fingerprint density at radius 1 is 1.38 bits per heavy atom. The molecule has 0 fully saturated rings. The van der Waals surface area contributed by atoms with Gasteiger partial charge >= 0.3 is 5.16 Å². The van der Waals surface area contributed by atoms with Crippen LogP contribution in [-0.2, 0) is 0 Å². The number of hydrogen-bond acceptors (Lipinski definition) is 2. The van der Waals surface area contributed by atoms with Crippen molar-refractivity contribution in [1.29, 1.82) is 0 Å². The molecule has 0 radical (unpaired) electrons. The van der Waals surface area contributed by atoms with Gasteiger partial charge in [-0.1, -0.05) is 23.2 Å². The van der Waals surface area contributed by atoms with E-state index in [4.69, 9.17) is 34.8 Å². The Morgan fingerprint density at radius 3 is 1.75 bits per heavy atom. The van der Waals surface area contributed by atoms with Gasteiger partial charge in [-0.05, 0) is 11.6 Å². The Balaban J connectivity index is 4.23. The van der Waals surface area contributed by atoms with Crippen LogP contribution in [0.1, 0.15) is 0 Å². The van der Waals surface area contributed by atoms with Crippen LogP contribution < -0.4 is 0 Å². The second kappa shape index (κ2) is 3.12. The van der Waals surface area contributed by atoms with Crippen molar-refractivity contribution in [3.05, 3.63) is 19.8 Å². The Labute approximate surface area is 60.0 Å². The minimum atomic E-state index is -0.878. The highest BCUT2D eigenvalue weighted by Gasteiger charge is 2.09. The van der Waals surface area contributed by atoms with Crippen molar-refractivity contribution < 1.29 is 4.92 Å². The van der Waals surface area contributed by atoms with E-state index >= 15 is 0 Å². The summed E-state index contributed by atoms with van der Waals surface area (Å²) in [6.45, 7) is 0. The maximum absolute atomic E-state index is 9.59. The molecule has 0 N–H and O–H groups in total. The molecule has 0 unspecified atom stereocenters. The second-order valence-electron chi connectivity index (χ2n) is 0.808. The quantitative estimate of drug-likeness (QED) is 0.349. The van der Waals surface area contributed by atoms with Crippen molar-refractivity contribution in [3.8, 4) is 0 Å². The molecular weight excluding hydrogens is 176 g/mol. The van der Waals surface area contributed by atoms with Gasteiger partial charge in [-0.15, -0.1) is 0 Å². The van der Waals surface area contributed by atoms with Gasteiger partial charge < -0.3 is 0 Å². The lowest BCUT2D eigenvalue weighted by Crippen LogP contribution is -1.90. The van der Waals surface area contributed by atoms with Crippen LogP contribution in [0.25, 0.3) is 0 Å². The molecule has 0 aromatic carbocycles. The SMILES string of the molecule is O=[N+]([O-])C(Cl)=C(Cl)Cl. The van der Waals surface area contributed by atoms with E-state index in [2.05, 4.69) is 0 Å². The van der Waals surface area contributed by atoms with Gasteiger partial charge in [-0.3, -0.25) is 10.1 Å². The Kier molecular flexibility index (Phi) is 3.12. The smallest absolute Gasteiger partial charge is 0.257 e. The van der Waals surface area contributed by atoms with Crippen LogP contribution in [0.5, 0.6) is 0 Å². The molecule has 0 aliphatic heterocycles. The lowest BCUT2D eigenvalue weighted by atomic mass is 11.0. The fourth-order valence-electron chi connectivity index (χ4n) is 0.0690. The van der Waals surface area contributed by atoms with Crippen LogP contribution >= 0.6 is 34.8 Å². The zero-order valence-electron chi connectivity index (χ0n) is 3.40. The number of hydrogen-bond donors (Lipinski definition) is 0. The summed E-state index contributed by atoms with van der Waals surface area (Å²) in [6.07, 6.45) is 0. The average molecular weight is 176 g/mol. The zero-order chi connectivity index (χ0) is 6.73. The molecule has 0 aromatic rings. The van der Waals surface area contributed by atoms with Crippen LogP contribution in [-0.4, -0.2) is 4.92 Å². The molecule has 3 nitrogen and oxygen atoms in total. The van der Waals surface area contributed by atoms with E-state index in [1.54, 1.807) is 0 Å². The summed E-state index contributed by atoms with van der Waals surface area (Å²) in [4.78, 5) is 8.71. The molecule has 0 aliphatic rings. The first-order valence-electron chi connectivity index (χ1n) is 1.41. The zero-order valence-corrected chi connectivity index (χ0v) is 5.67. The molecule has 0 heterocycles. The minimum absolute atomic E-state index is 0.531. The molecule has 0 bridgehead atoms. The Morgan fingerprint density at radius 2 is 1.75 bits per heavy atom. The molecule has 0 spiro atoms. The van der Waals surface area contributed by atoms with Crippen molar-refractivity contribution in [1.82, 2.24) is 0 Å². The molecule has 0 atom stereocenters. The lowest BCUT2D eigenvalue weighted by molar-refractivity contribution is -0.412. The van der Waals surface area contributed by atoms with Crippen LogP contribution in [0.2, 0.25) is 0 Å². The summed E-state index contributed by atoms with van der Waals surface area (Å²) in [7, 11) is 0. The summed E-state index contributed by atoms with van der Waals surface area (Å²) in [5, 5.41) is 8.83. The van der Waals surface area contributed by atoms with Crippen molar-refractivity contribution in [2.24, 2.45) is 0 Å². The average Bonchev–Trinajstić information content (AvgIpc) is 1.64. The molecule has 0 rings (SSSR count). The van der Waals surface area contributed by atoms with E-state index < -0.39 is 14.6 Å². The maximum Gasteiger partial charge on any atom is 0.367 e. The predicted molar refractivity (Wildman–Crippen MR) is 31.6 cm³/mol. The molecule has 0 aliphatic carbocycles. The van der Waals surface area contributed by atoms with E-state index in [0.717, 1.165) is 0 Å². The van der Waals surface area contributed by atoms with Crippen molar-refractivity contribution in [3.63, 3.8) is 0 Å². The summed E-state index contributed by atoms with van der Waals surface area (Å²) < 4.78 is -0.531. The highest BCUT2D eigenvalue weighted by molar-refractivity contribution is 6.58. The van der Waals surface area contributed by atoms with Gasteiger partial charge in [0.2, 0.25) is 0 Å². The topological polar surface area (TPSA) is 43.1 Å². The van der Waals surface area contributed by atoms with E-state index in [9.17, 15) is 10.1 Å². The first-order valence-corrected chi connectivity index (χ1v) is 2.54. The largest absolute Gasteiger partial charge is 0.367 e. The highest BCUT2D eigenvalue weighted by atomic mass is 35.5. The Bertz CT molecular complexity index is 138. The minimum Gasteiger partial charge on any atom is -0.257 e. The third kappa shape index (κ3) is 2.35. The molecule has 0 saturated heterocycles. The summed E-state index contributed by atoms with van der Waals surface area (Å²) >= 11 is 14.7. The molecule has 0 amide bonds. The van der Waals surface area contributed by atoms with Gasteiger partial charge in [0, 0.05) is 0 Å². The van der Waals surface area contributed by atoms with E-state index in [-0.39, 0.29) is 0 Å². The first-order chi connectivity index (χ1) is 3.55. The molecule has 6 heteroatoms. The number of halogens is 3. The monoisotopic (exact) mass is 175 g/mol. The maximum atomic E-state index is 9.59. The van der Waals surface area contributed by atoms with Crippen molar-refractivity contribution >= 4 is 34.8 Å². The molecule has 0 saturated carbocycles. The highest BCUT2D eigenvalue weighted by Crippen LogP contribution is 2.17. The Hall–Kier alpha value is 0.01000. The van der Waals surface area contributed by atoms with Gasteiger partial charge in [0.15, 0.2) is 4.49 Å². The predicted octanol–water partition coefficient (Wildman–Crippen LogP) is 2.11. The molecular formula is C2Cl3NO2. The van der Waals surface area contributed by atoms with Crippen LogP contribution in [0.15, 0.2) is 9.65 Å². The lowest BCUT2D eigenvalue weighted by Gasteiger charge is -1.82. The van der Waals surface area contributed by atoms with Gasteiger partial charge in [0.05, 0.1) is 4.92 Å². The molecule has 8 heavy (non-hydrogen) atoms. The summed E-state index contributed by atoms with van der Waals surface area (Å²) in [5.41, 5.74) is 0. The van der Waals surface area contributed by atoms with Crippen molar-refractivity contribution in [2.75, 3.05) is 0 Å². The number of nitrogens with zero attached hydrogens (tertiary/aromatic N) is 1. The standard InChI is InChI=1S/C2Cl3NO2/c3-1(4)2(5)6(7)8. The number of rotatable bonds is 1. The third-order valence-corrected chi connectivity index (χ3v) is 1.19. The molecule has 0 aromatic heterocycles. The van der Waals surface area contributed by atoms with Gasteiger partial charge in [-0.25, -0.2) is 0 Å². The van der Waals surface area contributed by atoms with Crippen molar-refractivity contribution in [2.45, 2.75) is 0 Å². The third-order valence-electron chi connectivity index (χ3n) is 0.316. The van der Waals surface area contributed by atoms with E-state index in [0.29, 0.717) is 0 Å². The summed E-state index contributed by atoms with van der Waals surface area (Å²) in [6, 6.07) is 0. The van der Waals surface area contributed by atoms with Crippen LogP contribution in [0, 0.1) is 10.1 Å². The summed E-state index contributed by atoms with van der Waals surface area (Å²) in [5.74, 6) is 0. The fourth-order valence-corrected chi connectivity index (χ4v) is 0.207. The molecule has 46 valence electrons. The number of nitro groups is 1. The van der Waals surface area contributed by atoms with Gasteiger partial charge in [-0.2, -0.15) is 0 Å². The van der Waals surface area contributed by atoms with E-state index in [1.807, 2.05) is 0 Å². The first kappa shape index (κ1) is 8.01. The van der Waals surface area contributed by atoms with Gasteiger partial charge in [0.1, 0.15) is 0 Å². The van der Waals surface area contributed by atoms with E-state index in [1.165, 1.54) is 0 Å². The second-order valence-corrected chi connectivity index (χ2v) is 2.12. The fraction of sp³-hybridized carbons (Fsp3) is 0.